The van der Waals surface area contributed by atoms with Crippen LogP contribution in [0.25, 0.3) is 0 Å². The van der Waals surface area contributed by atoms with Crippen LogP contribution in [0.1, 0.15) is 10.4 Å². The molecule has 2 amide bonds. The lowest BCUT2D eigenvalue weighted by molar-refractivity contribution is -0.117. The first-order valence-electron chi connectivity index (χ1n) is 4.73. The van der Waals surface area contributed by atoms with Crippen molar-refractivity contribution in [2.45, 2.75) is 5.03 Å². The van der Waals surface area contributed by atoms with E-state index < -0.39 is 18.0 Å². The highest BCUT2D eigenvalue weighted by molar-refractivity contribution is 7.99. The number of pyridine rings is 1. The summed E-state index contributed by atoms with van der Waals surface area (Å²) in [6, 6.07) is 2.87. The van der Waals surface area contributed by atoms with Crippen LogP contribution in [0.4, 0.5) is 4.79 Å². The Morgan fingerprint density at radius 1 is 1.44 bits per heavy atom. The molecule has 8 heteroatoms. The number of ether oxygens (including phenoxy) is 1. The Morgan fingerprint density at radius 2 is 2.17 bits per heavy atom. The average molecular weight is 270 g/mol. The Balaban J connectivity index is 2.46. The third-order valence-electron chi connectivity index (χ3n) is 1.76. The van der Waals surface area contributed by atoms with E-state index in [1.807, 2.05) is 5.32 Å². The van der Waals surface area contributed by atoms with Crippen LogP contribution in [0.2, 0.25) is 0 Å². The summed E-state index contributed by atoms with van der Waals surface area (Å²) in [5, 5.41) is 11.1. The first kappa shape index (κ1) is 14.0. The zero-order valence-electron chi connectivity index (χ0n) is 9.37. The van der Waals surface area contributed by atoms with Crippen molar-refractivity contribution in [2.24, 2.45) is 0 Å². The predicted molar refractivity (Wildman–Crippen MR) is 62.5 cm³/mol. The van der Waals surface area contributed by atoms with Crippen molar-refractivity contribution in [1.82, 2.24) is 10.3 Å². The minimum atomic E-state index is -1.07. The summed E-state index contributed by atoms with van der Waals surface area (Å²) in [4.78, 5) is 36.3. The highest BCUT2D eigenvalue weighted by Gasteiger charge is 2.09. The average Bonchev–Trinajstić information content (AvgIpc) is 2.36. The van der Waals surface area contributed by atoms with Crippen molar-refractivity contribution >= 4 is 29.7 Å². The van der Waals surface area contributed by atoms with Crippen LogP contribution in [0, 0.1) is 0 Å². The molecule has 18 heavy (non-hydrogen) atoms. The second-order valence-corrected chi connectivity index (χ2v) is 4.01. The first-order chi connectivity index (χ1) is 8.52. The van der Waals surface area contributed by atoms with Crippen LogP contribution in [0.5, 0.6) is 0 Å². The van der Waals surface area contributed by atoms with Crippen LogP contribution >= 0.6 is 11.8 Å². The fourth-order valence-electron chi connectivity index (χ4n) is 0.933. The molecule has 96 valence electrons. The molecule has 0 fully saturated rings. The summed E-state index contributed by atoms with van der Waals surface area (Å²) in [6.07, 6.45) is 0.373. The molecule has 0 radical (unpaired) electrons. The largest absolute Gasteiger partial charge is 0.478 e. The lowest BCUT2D eigenvalue weighted by Crippen LogP contribution is -2.31. The highest BCUT2D eigenvalue weighted by atomic mass is 32.2. The highest BCUT2D eigenvalue weighted by Crippen LogP contribution is 2.14. The number of imide groups is 1. The molecular weight excluding hydrogens is 260 g/mol. The van der Waals surface area contributed by atoms with Gasteiger partial charge in [-0.2, -0.15) is 0 Å². The molecule has 0 aliphatic rings. The van der Waals surface area contributed by atoms with E-state index in [9.17, 15) is 14.4 Å². The number of aromatic nitrogens is 1. The third kappa shape index (κ3) is 4.42. The number of nitrogens with one attached hydrogen (secondary N) is 1. The van der Waals surface area contributed by atoms with Gasteiger partial charge in [0.25, 0.3) is 0 Å². The molecule has 0 atom stereocenters. The molecule has 0 saturated heterocycles. The number of carboxylic acids is 1. The number of aromatic carboxylic acids is 1. The number of carbonyl (C=O) groups is 3. The normalized spacial score (nSPS) is 9.61. The van der Waals surface area contributed by atoms with Gasteiger partial charge in [0.2, 0.25) is 5.91 Å². The number of amides is 2. The van der Waals surface area contributed by atoms with Crippen LogP contribution in [0.15, 0.2) is 23.4 Å². The van der Waals surface area contributed by atoms with E-state index in [1.165, 1.54) is 18.3 Å². The number of rotatable bonds is 4. The first-order valence-corrected chi connectivity index (χ1v) is 5.71. The van der Waals surface area contributed by atoms with Crippen molar-refractivity contribution in [1.29, 1.82) is 0 Å². The van der Waals surface area contributed by atoms with E-state index in [4.69, 9.17) is 5.11 Å². The summed E-state index contributed by atoms with van der Waals surface area (Å²) < 4.78 is 4.25. The maximum absolute atomic E-state index is 11.2. The third-order valence-corrected chi connectivity index (χ3v) is 2.71. The number of methoxy groups -OCH3 is 1. The topological polar surface area (TPSA) is 106 Å². The van der Waals surface area contributed by atoms with Gasteiger partial charge in [-0.25, -0.2) is 14.6 Å². The summed E-state index contributed by atoms with van der Waals surface area (Å²) >= 11 is 1.08. The lowest BCUT2D eigenvalue weighted by atomic mass is 10.3. The van der Waals surface area contributed by atoms with Gasteiger partial charge >= 0.3 is 12.1 Å². The second kappa shape index (κ2) is 6.60. The summed E-state index contributed by atoms with van der Waals surface area (Å²) in [5.74, 6) is -1.60. The van der Waals surface area contributed by atoms with E-state index in [1.54, 1.807) is 0 Å². The van der Waals surface area contributed by atoms with Crippen LogP contribution in [-0.4, -0.2) is 40.9 Å². The number of nitrogens with zero attached hydrogens (tertiary/aromatic N) is 1. The fourth-order valence-corrected chi connectivity index (χ4v) is 1.58. The minimum absolute atomic E-state index is 0.0193. The van der Waals surface area contributed by atoms with Gasteiger partial charge in [0.1, 0.15) is 0 Å². The molecule has 1 aromatic rings. The molecule has 0 aliphatic heterocycles. The van der Waals surface area contributed by atoms with Gasteiger partial charge in [-0.05, 0) is 12.1 Å². The van der Waals surface area contributed by atoms with Crippen molar-refractivity contribution < 1.29 is 24.2 Å². The Bertz CT molecular complexity index is 460. The molecule has 0 aliphatic carbocycles. The molecule has 7 nitrogen and oxygen atoms in total. The minimum Gasteiger partial charge on any atom is -0.478 e. The van der Waals surface area contributed by atoms with Gasteiger partial charge in [-0.1, -0.05) is 11.8 Å². The van der Waals surface area contributed by atoms with Gasteiger partial charge in [0, 0.05) is 6.20 Å². The fraction of sp³-hybridized carbons (Fsp3) is 0.200. The van der Waals surface area contributed by atoms with Crippen molar-refractivity contribution in [3.05, 3.63) is 23.9 Å². The number of carbonyl (C=O) groups excluding carboxylic acids is 2. The Morgan fingerprint density at radius 3 is 2.67 bits per heavy atom. The molecule has 0 bridgehead atoms. The van der Waals surface area contributed by atoms with E-state index >= 15 is 0 Å². The molecule has 0 saturated carbocycles. The number of hydrogen-bond donors (Lipinski definition) is 2. The van der Waals surface area contributed by atoms with Gasteiger partial charge in [-0.3, -0.25) is 10.1 Å². The van der Waals surface area contributed by atoms with Gasteiger partial charge in [0.05, 0.1) is 23.5 Å². The summed E-state index contributed by atoms with van der Waals surface area (Å²) in [6.45, 7) is 0. The molecule has 1 rings (SSSR count). The summed E-state index contributed by atoms with van der Waals surface area (Å²) in [7, 11) is 1.15. The monoisotopic (exact) mass is 270 g/mol. The Hall–Kier alpha value is -2.09. The quantitative estimate of drug-likeness (QED) is 0.778. The van der Waals surface area contributed by atoms with Crippen molar-refractivity contribution in [3.8, 4) is 0 Å². The predicted octanol–water partition coefficient (Wildman–Crippen LogP) is 0.754. The van der Waals surface area contributed by atoms with Crippen LogP contribution < -0.4 is 5.32 Å². The van der Waals surface area contributed by atoms with Crippen LogP contribution in [0.3, 0.4) is 0 Å². The van der Waals surface area contributed by atoms with E-state index in [0.29, 0.717) is 5.03 Å². The zero-order valence-corrected chi connectivity index (χ0v) is 10.2. The van der Waals surface area contributed by atoms with E-state index in [2.05, 4.69) is 9.72 Å². The molecule has 0 aromatic carbocycles. The summed E-state index contributed by atoms with van der Waals surface area (Å²) in [5.41, 5.74) is 0.0679. The van der Waals surface area contributed by atoms with Gasteiger partial charge < -0.3 is 9.84 Å². The number of thioether (sulfide) groups is 1. The SMILES string of the molecule is COC(=O)NC(=O)CSc1ccc(C(=O)O)cn1. The van der Waals surface area contributed by atoms with Gasteiger partial charge in [0.15, 0.2) is 0 Å². The van der Waals surface area contributed by atoms with E-state index in [-0.39, 0.29) is 11.3 Å². The Labute approximate surface area is 107 Å². The van der Waals surface area contributed by atoms with E-state index in [0.717, 1.165) is 18.9 Å². The maximum Gasteiger partial charge on any atom is 0.413 e. The van der Waals surface area contributed by atoms with Crippen LogP contribution in [-0.2, 0) is 9.53 Å². The van der Waals surface area contributed by atoms with Gasteiger partial charge in [-0.15, -0.1) is 0 Å². The zero-order chi connectivity index (χ0) is 13.5. The molecular formula is C10H10N2O5S. The standard InChI is InChI=1S/C10H10N2O5S/c1-17-10(16)12-7(13)5-18-8-3-2-6(4-11-8)9(14)15/h2-4H,5H2,1H3,(H,14,15)(H,12,13,16). The molecule has 1 heterocycles. The maximum atomic E-state index is 11.2. The number of hydrogen-bond acceptors (Lipinski definition) is 6. The molecule has 2 N–H and O–H groups in total. The Kier molecular flexibility index (Phi) is 5.12. The molecule has 1 aromatic heterocycles. The number of alkyl carbamates (subject to hydrolysis) is 1. The molecule has 0 spiro atoms. The second-order valence-electron chi connectivity index (χ2n) is 3.02. The lowest BCUT2D eigenvalue weighted by Gasteiger charge is -2.02. The van der Waals surface area contributed by atoms with Crippen molar-refractivity contribution in [3.63, 3.8) is 0 Å². The smallest absolute Gasteiger partial charge is 0.413 e. The van der Waals surface area contributed by atoms with Crippen molar-refractivity contribution in [2.75, 3.05) is 12.9 Å². The number of carboxylic acid groups (broad SMARTS) is 1. The molecule has 0 unspecified atom stereocenters.